The van der Waals surface area contributed by atoms with E-state index in [0.29, 0.717) is 22.9 Å². The van der Waals surface area contributed by atoms with Crippen molar-refractivity contribution in [2.75, 3.05) is 26.3 Å². The highest BCUT2D eigenvalue weighted by Gasteiger charge is 2.23. The van der Waals surface area contributed by atoms with Gasteiger partial charge in [0.1, 0.15) is 11.4 Å². The summed E-state index contributed by atoms with van der Waals surface area (Å²) >= 11 is 0. The average Bonchev–Trinajstić information content (AvgIpc) is 3.17. The van der Waals surface area contributed by atoms with E-state index in [1.807, 2.05) is 4.90 Å². The first kappa shape index (κ1) is 18.9. The number of nitrogens with zero attached hydrogens (tertiary/aromatic N) is 3. The fourth-order valence-corrected chi connectivity index (χ4v) is 3.04. The van der Waals surface area contributed by atoms with Gasteiger partial charge in [-0.3, -0.25) is 4.79 Å². The number of para-hydroxylation sites is 1. The van der Waals surface area contributed by atoms with E-state index < -0.39 is 5.97 Å². The summed E-state index contributed by atoms with van der Waals surface area (Å²) in [6, 6.07) is 7.11. The van der Waals surface area contributed by atoms with Crippen LogP contribution in [0.4, 0.5) is 0 Å². The predicted octanol–water partition coefficient (Wildman–Crippen LogP) is 2.29. The number of piperidine rings is 1. The molecule has 1 aliphatic rings. The van der Waals surface area contributed by atoms with Crippen LogP contribution in [0.1, 0.15) is 37.2 Å². The van der Waals surface area contributed by atoms with E-state index in [1.54, 1.807) is 31.2 Å². The van der Waals surface area contributed by atoms with Gasteiger partial charge in [-0.1, -0.05) is 19.1 Å². The molecule has 0 atom stereocenters. The quantitative estimate of drug-likeness (QED) is 0.782. The number of esters is 1. The summed E-state index contributed by atoms with van der Waals surface area (Å²) in [5, 5.41) is 10.4. The van der Waals surface area contributed by atoms with Gasteiger partial charge in [-0.25, -0.2) is 4.79 Å². The van der Waals surface area contributed by atoms with Gasteiger partial charge in [0.05, 0.1) is 6.61 Å². The van der Waals surface area contributed by atoms with Gasteiger partial charge in [-0.2, -0.15) is 10.3 Å². The minimum absolute atomic E-state index is 0.0394. The number of benzene rings is 1. The number of aromatic amines is 1. The van der Waals surface area contributed by atoms with E-state index in [-0.39, 0.29) is 24.8 Å². The van der Waals surface area contributed by atoms with Gasteiger partial charge >= 0.3 is 5.97 Å². The molecular formula is C19H24N4O4. The first-order valence-electron chi connectivity index (χ1n) is 9.18. The van der Waals surface area contributed by atoms with Crippen LogP contribution in [0.3, 0.4) is 0 Å². The van der Waals surface area contributed by atoms with Crippen LogP contribution in [-0.4, -0.2) is 58.5 Å². The molecule has 0 unspecified atom stereocenters. The van der Waals surface area contributed by atoms with Crippen molar-refractivity contribution >= 4 is 11.9 Å². The maximum atomic E-state index is 12.4. The molecule has 1 amide bonds. The van der Waals surface area contributed by atoms with E-state index in [9.17, 15) is 9.59 Å². The van der Waals surface area contributed by atoms with E-state index in [0.717, 1.165) is 25.9 Å². The number of likely N-dealkylation sites (tertiary alicyclic amines) is 1. The summed E-state index contributed by atoms with van der Waals surface area (Å²) in [5.41, 5.74) is 1.00. The second kappa shape index (κ2) is 8.66. The Labute approximate surface area is 157 Å². The van der Waals surface area contributed by atoms with Crippen molar-refractivity contribution in [3.8, 4) is 17.0 Å². The Kier molecular flexibility index (Phi) is 6.05. The number of rotatable bonds is 6. The highest BCUT2D eigenvalue weighted by atomic mass is 16.5. The van der Waals surface area contributed by atoms with Gasteiger partial charge in [-0.05, 0) is 37.8 Å². The summed E-state index contributed by atoms with van der Waals surface area (Å²) < 4.78 is 10.8. The third-order valence-electron chi connectivity index (χ3n) is 4.65. The molecule has 0 spiro atoms. The molecule has 1 fully saturated rings. The molecule has 3 rings (SSSR count). The lowest BCUT2D eigenvalue weighted by Gasteiger charge is -2.30. The van der Waals surface area contributed by atoms with Gasteiger partial charge in [0.25, 0.3) is 5.91 Å². The van der Waals surface area contributed by atoms with Crippen LogP contribution in [0.15, 0.2) is 24.3 Å². The highest BCUT2D eigenvalue weighted by Crippen LogP contribution is 2.30. The summed E-state index contributed by atoms with van der Waals surface area (Å²) in [6.07, 6.45) is 2.04. The second-order valence-electron chi connectivity index (χ2n) is 6.59. The average molecular weight is 372 g/mol. The number of hydrogen-bond acceptors (Lipinski definition) is 6. The first-order chi connectivity index (χ1) is 13.1. The smallest absolute Gasteiger partial charge is 0.361 e. The molecule has 0 aliphatic carbocycles. The molecule has 1 N–H and O–H groups in total. The Hall–Kier alpha value is -2.90. The SMILES string of the molecule is CCOC(=O)c1n[nH]nc1-c1ccccc1OCC(=O)N1CCC(C)CC1. The van der Waals surface area contributed by atoms with E-state index >= 15 is 0 Å². The molecule has 0 bridgehead atoms. The van der Waals surface area contributed by atoms with Crippen molar-refractivity contribution in [3.05, 3.63) is 30.0 Å². The van der Waals surface area contributed by atoms with Crippen molar-refractivity contribution in [2.24, 2.45) is 5.92 Å². The monoisotopic (exact) mass is 372 g/mol. The third kappa shape index (κ3) is 4.45. The number of aromatic nitrogens is 3. The van der Waals surface area contributed by atoms with Gasteiger partial charge in [0.15, 0.2) is 12.3 Å². The Morgan fingerprint density at radius 2 is 1.96 bits per heavy atom. The van der Waals surface area contributed by atoms with Crippen LogP contribution >= 0.6 is 0 Å². The number of nitrogens with one attached hydrogen (secondary N) is 1. The second-order valence-corrected chi connectivity index (χ2v) is 6.59. The molecule has 1 aliphatic heterocycles. The molecule has 1 aromatic heterocycles. The summed E-state index contributed by atoms with van der Waals surface area (Å²) in [7, 11) is 0. The minimum Gasteiger partial charge on any atom is -0.483 e. The molecular weight excluding hydrogens is 348 g/mol. The molecule has 144 valence electrons. The number of amides is 1. The number of hydrogen-bond donors (Lipinski definition) is 1. The fourth-order valence-electron chi connectivity index (χ4n) is 3.04. The lowest BCUT2D eigenvalue weighted by atomic mass is 9.99. The minimum atomic E-state index is -0.561. The van der Waals surface area contributed by atoms with Gasteiger partial charge in [0, 0.05) is 18.7 Å². The molecule has 1 saturated heterocycles. The molecule has 2 heterocycles. The Morgan fingerprint density at radius 1 is 1.22 bits per heavy atom. The number of carbonyl (C=O) groups is 2. The van der Waals surface area contributed by atoms with Crippen molar-refractivity contribution in [2.45, 2.75) is 26.7 Å². The van der Waals surface area contributed by atoms with Crippen LogP contribution < -0.4 is 4.74 Å². The maximum absolute atomic E-state index is 12.4. The number of H-pyrrole nitrogens is 1. The van der Waals surface area contributed by atoms with Crippen molar-refractivity contribution in [1.29, 1.82) is 0 Å². The van der Waals surface area contributed by atoms with E-state index in [2.05, 4.69) is 22.3 Å². The van der Waals surface area contributed by atoms with Crippen LogP contribution in [0, 0.1) is 5.92 Å². The van der Waals surface area contributed by atoms with Gasteiger partial charge < -0.3 is 14.4 Å². The molecule has 8 nitrogen and oxygen atoms in total. The lowest BCUT2D eigenvalue weighted by Crippen LogP contribution is -2.40. The summed E-state index contributed by atoms with van der Waals surface area (Å²) in [5.74, 6) is 0.525. The molecule has 1 aromatic carbocycles. The molecule has 0 saturated carbocycles. The normalized spacial score (nSPS) is 14.8. The van der Waals surface area contributed by atoms with Crippen molar-refractivity contribution in [1.82, 2.24) is 20.3 Å². The lowest BCUT2D eigenvalue weighted by molar-refractivity contribution is -0.134. The van der Waals surface area contributed by atoms with E-state index in [4.69, 9.17) is 9.47 Å². The Bertz CT molecular complexity index is 797. The summed E-state index contributed by atoms with van der Waals surface area (Å²) in [6.45, 7) is 5.64. The largest absolute Gasteiger partial charge is 0.483 e. The molecule has 8 heteroatoms. The van der Waals surface area contributed by atoms with Crippen LogP contribution in [-0.2, 0) is 9.53 Å². The Balaban J connectivity index is 1.73. The zero-order valence-corrected chi connectivity index (χ0v) is 15.6. The van der Waals surface area contributed by atoms with Crippen LogP contribution in [0.5, 0.6) is 5.75 Å². The number of ether oxygens (including phenoxy) is 2. The van der Waals surface area contributed by atoms with Crippen molar-refractivity contribution < 1.29 is 19.1 Å². The predicted molar refractivity (Wildman–Crippen MR) is 98.2 cm³/mol. The molecule has 27 heavy (non-hydrogen) atoms. The van der Waals surface area contributed by atoms with E-state index in [1.165, 1.54) is 0 Å². The fraction of sp³-hybridized carbons (Fsp3) is 0.474. The number of carbonyl (C=O) groups excluding carboxylic acids is 2. The maximum Gasteiger partial charge on any atom is 0.361 e. The zero-order valence-electron chi connectivity index (χ0n) is 15.6. The third-order valence-corrected chi connectivity index (χ3v) is 4.65. The van der Waals surface area contributed by atoms with Crippen molar-refractivity contribution in [3.63, 3.8) is 0 Å². The summed E-state index contributed by atoms with van der Waals surface area (Å²) in [4.78, 5) is 26.3. The van der Waals surface area contributed by atoms with Crippen LogP contribution in [0.2, 0.25) is 0 Å². The Morgan fingerprint density at radius 3 is 2.70 bits per heavy atom. The zero-order chi connectivity index (χ0) is 19.2. The van der Waals surface area contributed by atoms with Crippen LogP contribution in [0.25, 0.3) is 11.3 Å². The van der Waals surface area contributed by atoms with Gasteiger partial charge in [0.2, 0.25) is 0 Å². The first-order valence-corrected chi connectivity index (χ1v) is 9.18. The van der Waals surface area contributed by atoms with Gasteiger partial charge in [-0.15, -0.1) is 5.10 Å². The molecule has 0 radical (unpaired) electrons. The highest BCUT2D eigenvalue weighted by molar-refractivity contribution is 5.94. The molecule has 2 aromatic rings. The topological polar surface area (TPSA) is 97.4 Å². The standard InChI is InChI=1S/C19H24N4O4/c1-3-26-19(25)18-17(20-22-21-18)14-6-4-5-7-15(14)27-12-16(24)23-10-8-13(2)9-11-23/h4-7,13H,3,8-12H2,1-2H3,(H,20,21,22).